The second-order valence-corrected chi connectivity index (χ2v) is 7.86. The molecule has 1 aliphatic rings. The second-order valence-electron chi connectivity index (χ2n) is 7.86. The van der Waals surface area contributed by atoms with Crippen molar-refractivity contribution in [2.24, 2.45) is 5.92 Å². The number of nitrogens with zero attached hydrogens (tertiary/aromatic N) is 3. The Morgan fingerprint density at radius 3 is 2.64 bits per heavy atom. The summed E-state index contributed by atoms with van der Waals surface area (Å²) in [5, 5.41) is 14.2. The summed E-state index contributed by atoms with van der Waals surface area (Å²) in [5.41, 5.74) is 2.19. The van der Waals surface area contributed by atoms with Gasteiger partial charge in [0.05, 0.1) is 16.9 Å². The fourth-order valence-electron chi connectivity index (χ4n) is 3.37. The Labute approximate surface area is 149 Å². The van der Waals surface area contributed by atoms with Gasteiger partial charge in [0.1, 0.15) is 0 Å². The van der Waals surface area contributed by atoms with Crippen LogP contribution in [0.4, 0.5) is 0 Å². The summed E-state index contributed by atoms with van der Waals surface area (Å²) in [5.74, 6) is 0.199. The Bertz CT molecular complexity index is 731. The summed E-state index contributed by atoms with van der Waals surface area (Å²) in [6, 6.07) is 9.86. The molecule has 0 radical (unpaired) electrons. The van der Waals surface area contributed by atoms with Crippen molar-refractivity contribution in [2.45, 2.75) is 39.0 Å². The van der Waals surface area contributed by atoms with E-state index in [0.29, 0.717) is 12.1 Å². The highest BCUT2D eigenvalue weighted by Gasteiger charge is 2.31. The highest BCUT2D eigenvalue weighted by Crippen LogP contribution is 2.28. The average molecular weight is 341 g/mol. The number of aliphatic hydroxyl groups excluding tert-OH is 1. The van der Waals surface area contributed by atoms with Crippen molar-refractivity contribution >= 4 is 5.91 Å². The number of benzene rings is 1. The Morgan fingerprint density at radius 1 is 1.28 bits per heavy atom. The van der Waals surface area contributed by atoms with Crippen molar-refractivity contribution in [1.82, 2.24) is 14.7 Å². The highest BCUT2D eigenvalue weighted by atomic mass is 16.3. The van der Waals surface area contributed by atoms with Gasteiger partial charge in [-0.3, -0.25) is 4.79 Å². The van der Waals surface area contributed by atoms with Crippen molar-refractivity contribution in [1.29, 1.82) is 0 Å². The minimum Gasteiger partial charge on any atom is -0.396 e. The summed E-state index contributed by atoms with van der Waals surface area (Å²) < 4.78 is 1.79. The zero-order chi connectivity index (χ0) is 18.0. The van der Waals surface area contributed by atoms with Gasteiger partial charge in [-0.1, -0.05) is 39.0 Å². The van der Waals surface area contributed by atoms with Crippen LogP contribution in [-0.4, -0.2) is 45.4 Å². The third kappa shape index (κ3) is 3.76. The molecule has 1 aromatic heterocycles. The van der Waals surface area contributed by atoms with Gasteiger partial charge in [-0.15, -0.1) is 0 Å². The van der Waals surface area contributed by atoms with E-state index >= 15 is 0 Å². The Kier molecular flexibility index (Phi) is 4.95. The monoisotopic (exact) mass is 341 g/mol. The van der Waals surface area contributed by atoms with Gasteiger partial charge in [0, 0.05) is 31.3 Å². The topological polar surface area (TPSA) is 58.4 Å². The molecule has 1 amide bonds. The lowest BCUT2D eigenvalue weighted by Crippen LogP contribution is -2.41. The molecule has 0 saturated carbocycles. The molecule has 1 saturated heterocycles. The summed E-state index contributed by atoms with van der Waals surface area (Å²) in [7, 11) is 0. The maximum absolute atomic E-state index is 13.2. The van der Waals surface area contributed by atoms with Gasteiger partial charge in [0.2, 0.25) is 0 Å². The molecule has 134 valence electrons. The highest BCUT2D eigenvalue weighted by molar-refractivity contribution is 5.95. The largest absolute Gasteiger partial charge is 0.396 e. The van der Waals surface area contributed by atoms with Crippen LogP contribution in [0, 0.1) is 5.92 Å². The van der Waals surface area contributed by atoms with Crippen molar-refractivity contribution in [3.63, 3.8) is 0 Å². The van der Waals surface area contributed by atoms with Crippen molar-refractivity contribution in [3.8, 4) is 5.69 Å². The van der Waals surface area contributed by atoms with E-state index in [1.807, 2.05) is 41.4 Å². The zero-order valence-electron chi connectivity index (χ0n) is 15.3. The number of para-hydroxylation sites is 1. The molecule has 0 spiro atoms. The van der Waals surface area contributed by atoms with E-state index in [9.17, 15) is 9.90 Å². The van der Waals surface area contributed by atoms with Gasteiger partial charge >= 0.3 is 0 Å². The number of carbonyl (C=O) groups is 1. The number of hydrogen-bond acceptors (Lipinski definition) is 3. The Morgan fingerprint density at radius 2 is 2.00 bits per heavy atom. The van der Waals surface area contributed by atoms with E-state index in [1.54, 1.807) is 4.68 Å². The second kappa shape index (κ2) is 7.00. The molecule has 1 aliphatic heterocycles. The van der Waals surface area contributed by atoms with Crippen molar-refractivity contribution in [3.05, 3.63) is 47.8 Å². The number of rotatable bonds is 3. The predicted molar refractivity (Wildman–Crippen MR) is 98.0 cm³/mol. The number of aromatic nitrogens is 2. The van der Waals surface area contributed by atoms with Crippen LogP contribution in [0.1, 0.15) is 49.7 Å². The molecular formula is C20H27N3O2. The standard InChI is InChI=1S/C20H27N3O2/c1-20(2,3)18-17(13-23(21-18)16-9-5-4-6-10-16)19(25)22-11-7-8-15(12-22)14-24/h4-6,9-10,13,15,24H,7-8,11-12,14H2,1-3H3/t15-/m0/s1. The third-order valence-electron chi connectivity index (χ3n) is 4.74. The lowest BCUT2D eigenvalue weighted by molar-refractivity contribution is 0.0618. The zero-order valence-corrected chi connectivity index (χ0v) is 15.3. The molecule has 1 N–H and O–H groups in total. The first kappa shape index (κ1) is 17.7. The summed E-state index contributed by atoms with van der Waals surface area (Å²) in [4.78, 5) is 15.0. The van der Waals surface area contributed by atoms with Crippen LogP contribution in [-0.2, 0) is 5.41 Å². The van der Waals surface area contributed by atoms with Gasteiger partial charge in [-0.05, 0) is 30.9 Å². The van der Waals surface area contributed by atoms with Crippen molar-refractivity contribution < 1.29 is 9.90 Å². The first-order chi connectivity index (χ1) is 11.9. The molecule has 1 atom stereocenters. The van der Waals surface area contributed by atoms with Gasteiger partial charge in [-0.2, -0.15) is 5.10 Å². The van der Waals surface area contributed by atoms with Crippen LogP contribution >= 0.6 is 0 Å². The van der Waals surface area contributed by atoms with Crippen LogP contribution < -0.4 is 0 Å². The maximum Gasteiger partial charge on any atom is 0.257 e. The summed E-state index contributed by atoms with van der Waals surface area (Å²) >= 11 is 0. The molecule has 0 bridgehead atoms. The van der Waals surface area contributed by atoms with Crippen LogP contribution in [0.2, 0.25) is 0 Å². The fraction of sp³-hybridized carbons (Fsp3) is 0.500. The molecule has 5 nitrogen and oxygen atoms in total. The smallest absolute Gasteiger partial charge is 0.257 e. The lowest BCUT2D eigenvalue weighted by atomic mass is 9.89. The number of carbonyl (C=O) groups excluding carboxylic acids is 1. The van der Waals surface area contributed by atoms with Crippen LogP contribution in [0.3, 0.4) is 0 Å². The van der Waals surface area contributed by atoms with Crippen LogP contribution in [0.25, 0.3) is 5.69 Å². The number of amides is 1. The normalized spacial score (nSPS) is 18.4. The Hall–Kier alpha value is -2.14. The van der Waals surface area contributed by atoms with Gasteiger partial charge < -0.3 is 10.0 Å². The van der Waals surface area contributed by atoms with E-state index in [-0.39, 0.29) is 23.8 Å². The fourth-order valence-corrected chi connectivity index (χ4v) is 3.37. The summed E-state index contributed by atoms with van der Waals surface area (Å²) in [6.07, 6.45) is 3.77. The van der Waals surface area contributed by atoms with Crippen LogP contribution in [0.15, 0.2) is 36.5 Å². The first-order valence-electron chi connectivity index (χ1n) is 8.96. The van der Waals surface area contributed by atoms with Gasteiger partial charge in [-0.25, -0.2) is 4.68 Å². The minimum atomic E-state index is -0.225. The first-order valence-corrected chi connectivity index (χ1v) is 8.96. The molecule has 0 aliphatic carbocycles. The van der Waals surface area contributed by atoms with Gasteiger partial charge in [0.25, 0.3) is 5.91 Å². The number of aliphatic hydroxyl groups is 1. The SMILES string of the molecule is CC(C)(C)c1nn(-c2ccccc2)cc1C(=O)N1CCC[C@H](CO)C1. The molecule has 2 aromatic rings. The molecule has 1 fully saturated rings. The average Bonchev–Trinajstić information content (AvgIpc) is 3.08. The number of piperidine rings is 1. The number of hydrogen-bond donors (Lipinski definition) is 1. The molecular weight excluding hydrogens is 314 g/mol. The molecule has 3 rings (SSSR count). The van der Waals surface area contributed by atoms with E-state index in [2.05, 4.69) is 20.8 Å². The maximum atomic E-state index is 13.2. The van der Waals surface area contributed by atoms with Crippen LogP contribution in [0.5, 0.6) is 0 Å². The molecule has 25 heavy (non-hydrogen) atoms. The molecule has 1 aromatic carbocycles. The quantitative estimate of drug-likeness (QED) is 0.933. The third-order valence-corrected chi connectivity index (χ3v) is 4.74. The summed E-state index contributed by atoms with van der Waals surface area (Å²) in [6.45, 7) is 7.74. The van der Waals surface area contributed by atoms with Crippen molar-refractivity contribution in [2.75, 3.05) is 19.7 Å². The molecule has 5 heteroatoms. The van der Waals surface area contributed by atoms with E-state index < -0.39 is 0 Å². The van der Waals surface area contributed by atoms with E-state index in [1.165, 1.54) is 0 Å². The van der Waals surface area contributed by atoms with Gasteiger partial charge in [0.15, 0.2) is 0 Å². The lowest BCUT2D eigenvalue weighted by Gasteiger charge is -2.32. The molecule has 2 heterocycles. The number of likely N-dealkylation sites (tertiary alicyclic amines) is 1. The minimum absolute atomic E-state index is 0.0188. The predicted octanol–water partition coefficient (Wildman–Crippen LogP) is 3.01. The Balaban J connectivity index is 1.96. The molecule has 0 unspecified atom stereocenters. The van der Waals surface area contributed by atoms with E-state index in [4.69, 9.17) is 5.10 Å². The van der Waals surface area contributed by atoms with E-state index in [0.717, 1.165) is 30.8 Å².